The molecule has 1 saturated carbocycles. The summed E-state index contributed by atoms with van der Waals surface area (Å²) in [6, 6.07) is 1.87. The summed E-state index contributed by atoms with van der Waals surface area (Å²) in [5.41, 5.74) is 0. The summed E-state index contributed by atoms with van der Waals surface area (Å²) in [7, 11) is 0. The van der Waals surface area contributed by atoms with Crippen LogP contribution < -0.4 is 5.32 Å². The second kappa shape index (κ2) is 6.02. The Bertz CT molecular complexity index is 254. The summed E-state index contributed by atoms with van der Waals surface area (Å²) in [5.74, 6) is -0.142. The predicted octanol–water partition coefficient (Wildman–Crippen LogP) is 2.08. The van der Waals surface area contributed by atoms with Crippen LogP contribution in [-0.2, 0) is 4.79 Å². The monoisotopic (exact) mass is 226 g/mol. The first-order valence-electron chi connectivity index (χ1n) is 5.41. The molecule has 3 nitrogen and oxygen atoms in total. The Hall–Kier alpha value is -0.690. The minimum absolute atomic E-state index is 0.0234. The second-order valence-corrected chi connectivity index (χ2v) is 5.33. The van der Waals surface area contributed by atoms with Gasteiger partial charge in [-0.15, -0.1) is 0 Å². The van der Waals surface area contributed by atoms with Crippen LogP contribution in [0.3, 0.4) is 0 Å². The third kappa shape index (κ3) is 3.75. The van der Waals surface area contributed by atoms with Gasteiger partial charge in [0.1, 0.15) is 6.42 Å². The van der Waals surface area contributed by atoms with Crippen LogP contribution in [0, 0.1) is 11.3 Å². The van der Waals surface area contributed by atoms with Gasteiger partial charge in [0.2, 0.25) is 5.91 Å². The van der Waals surface area contributed by atoms with Gasteiger partial charge in [-0.2, -0.15) is 17.0 Å². The quantitative estimate of drug-likeness (QED) is 0.798. The number of thioether (sulfide) groups is 1. The molecule has 1 N–H and O–H groups in total. The van der Waals surface area contributed by atoms with Crippen LogP contribution in [0.2, 0.25) is 0 Å². The lowest BCUT2D eigenvalue weighted by Crippen LogP contribution is -2.41. The van der Waals surface area contributed by atoms with Gasteiger partial charge in [0.25, 0.3) is 0 Å². The molecule has 0 heterocycles. The Morgan fingerprint density at radius 2 is 2.13 bits per heavy atom. The van der Waals surface area contributed by atoms with Crippen molar-refractivity contribution in [2.45, 2.75) is 43.3 Å². The highest BCUT2D eigenvalue weighted by molar-refractivity contribution is 8.00. The van der Waals surface area contributed by atoms with Crippen LogP contribution >= 0.6 is 11.8 Å². The van der Waals surface area contributed by atoms with Crippen molar-refractivity contribution in [3.63, 3.8) is 0 Å². The summed E-state index contributed by atoms with van der Waals surface area (Å²) >= 11 is 1.86. The minimum Gasteiger partial charge on any atom is -0.354 e. The maximum atomic E-state index is 11.2. The van der Waals surface area contributed by atoms with E-state index in [4.69, 9.17) is 5.26 Å². The molecule has 1 aliphatic rings. The van der Waals surface area contributed by atoms with Gasteiger partial charge in [-0.3, -0.25) is 4.79 Å². The lowest BCUT2D eigenvalue weighted by atomic mass is 9.88. The van der Waals surface area contributed by atoms with Crippen molar-refractivity contribution in [1.29, 1.82) is 5.26 Å². The highest BCUT2D eigenvalue weighted by Crippen LogP contribution is 2.37. The van der Waals surface area contributed by atoms with Crippen molar-refractivity contribution in [2.24, 2.45) is 0 Å². The highest BCUT2D eigenvalue weighted by Gasteiger charge is 2.31. The first-order valence-corrected chi connectivity index (χ1v) is 6.64. The molecule has 0 bridgehead atoms. The molecule has 0 unspecified atom stereocenters. The van der Waals surface area contributed by atoms with Crippen molar-refractivity contribution < 1.29 is 4.79 Å². The molecule has 0 atom stereocenters. The summed E-state index contributed by atoms with van der Waals surface area (Å²) < 4.78 is 0.226. The fraction of sp³-hybridized carbons (Fsp3) is 0.818. The van der Waals surface area contributed by atoms with Gasteiger partial charge in [0.05, 0.1) is 6.07 Å². The van der Waals surface area contributed by atoms with Crippen LogP contribution in [0.4, 0.5) is 0 Å². The molecule has 0 aliphatic heterocycles. The molecular formula is C11H18N2OS. The Morgan fingerprint density at radius 3 is 2.67 bits per heavy atom. The fourth-order valence-electron chi connectivity index (χ4n) is 2.04. The van der Waals surface area contributed by atoms with Crippen LogP contribution in [0.1, 0.15) is 38.5 Å². The van der Waals surface area contributed by atoms with Gasteiger partial charge in [0, 0.05) is 11.3 Å². The lowest BCUT2D eigenvalue weighted by Gasteiger charge is -2.35. The number of hydrogen-bond donors (Lipinski definition) is 1. The Morgan fingerprint density at radius 1 is 1.47 bits per heavy atom. The standard InChI is InChI=1S/C11H18N2OS/c1-15-11(6-3-2-4-7-11)9-13-10(14)5-8-12/h2-7,9H2,1H3,(H,13,14). The van der Waals surface area contributed by atoms with E-state index < -0.39 is 0 Å². The van der Waals surface area contributed by atoms with Crippen molar-refractivity contribution in [3.8, 4) is 6.07 Å². The van der Waals surface area contributed by atoms with Crippen LogP contribution in [-0.4, -0.2) is 23.5 Å². The Labute approximate surface area is 95.6 Å². The summed E-state index contributed by atoms with van der Waals surface area (Å²) in [6.45, 7) is 0.717. The number of hydrogen-bond acceptors (Lipinski definition) is 3. The Kier molecular flexibility index (Phi) is 4.97. The summed E-state index contributed by atoms with van der Waals surface area (Å²) in [6.07, 6.45) is 8.28. The molecule has 1 amide bonds. The molecule has 0 aromatic carbocycles. The smallest absolute Gasteiger partial charge is 0.234 e. The number of amides is 1. The first-order chi connectivity index (χ1) is 7.22. The molecule has 0 aromatic heterocycles. The minimum atomic E-state index is -0.142. The number of nitrogens with one attached hydrogen (secondary N) is 1. The molecule has 0 aromatic rings. The van der Waals surface area contributed by atoms with E-state index in [1.165, 1.54) is 32.1 Å². The van der Waals surface area contributed by atoms with Gasteiger partial charge in [0.15, 0.2) is 0 Å². The summed E-state index contributed by atoms with van der Waals surface area (Å²) in [4.78, 5) is 11.2. The van der Waals surface area contributed by atoms with Crippen LogP contribution in [0.15, 0.2) is 0 Å². The number of carbonyl (C=O) groups excluding carboxylic acids is 1. The predicted molar refractivity (Wildman–Crippen MR) is 62.6 cm³/mol. The normalized spacial score (nSPS) is 19.2. The zero-order chi connectivity index (χ0) is 11.1. The van der Waals surface area contributed by atoms with Gasteiger partial charge in [-0.1, -0.05) is 19.3 Å². The van der Waals surface area contributed by atoms with E-state index in [1.807, 2.05) is 17.8 Å². The third-order valence-corrected chi connectivity index (χ3v) is 4.46. The molecule has 15 heavy (non-hydrogen) atoms. The maximum absolute atomic E-state index is 11.2. The van der Waals surface area contributed by atoms with Crippen molar-refractivity contribution in [1.82, 2.24) is 5.32 Å². The lowest BCUT2D eigenvalue weighted by molar-refractivity contribution is -0.120. The van der Waals surface area contributed by atoms with E-state index in [-0.39, 0.29) is 17.1 Å². The zero-order valence-corrected chi connectivity index (χ0v) is 10.0. The number of carbonyl (C=O) groups is 1. The van der Waals surface area contributed by atoms with E-state index >= 15 is 0 Å². The zero-order valence-electron chi connectivity index (χ0n) is 9.21. The molecule has 0 radical (unpaired) electrons. The molecule has 4 heteroatoms. The maximum Gasteiger partial charge on any atom is 0.234 e. The molecule has 84 valence electrons. The van der Waals surface area contributed by atoms with Crippen LogP contribution in [0.5, 0.6) is 0 Å². The molecule has 0 saturated heterocycles. The van der Waals surface area contributed by atoms with E-state index in [9.17, 15) is 4.79 Å². The molecular weight excluding hydrogens is 208 g/mol. The Balaban J connectivity index is 2.39. The van der Waals surface area contributed by atoms with Gasteiger partial charge >= 0.3 is 0 Å². The largest absolute Gasteiger partial charge is 0.354 e. The molecule has 1 rings (SSSR count). The van der Waals surface area contributed by atoms with Crippen LogP contribution in [0.25, 0.3) is 0 Å². The van der Waals surface area contributed by atoms with E-state index in [1.54, 1.807) is 0 Å². The average Bonchev–Trinajstić information content (AvgIpc) is 2.28. The number of nitriles is 1. The van der Waals surface area contributed by atoms with Crippen molar-refractivity contribution >= 4 is 17.7 Å². The molecule has 0 spiro atoms. The summed E-state index contributed by atoms with van der Waals surface area (Å²) in [5, 5.41) is 11.2. The fourth-order valence-corrected chi connectivity index (χ4v) is 2.96. The van der Waals surface area contributed by atoms with E-state index in [0.29, 0.717) is 6.54 Å². The first kappa shape index (κ1) is 12.4. The van der Waals surface area contributed by atoms with E-state index in [2.05, 4.69) is 11.6 Å². The number of nitrogens with zero attached hydrogens (tertiary/aromatic N) is 1. The highest BCUT2D eigenvalue weighted by atomic mass is 32.2. The third-order valence-electron chi connectivity index (χ3n) is 3.05. The van der Waals surface area contributed by atoms with Crippen molar-refractivity contribution in [2.75, 3.05) is 12.8 Å². The van der Waals surface area contributed by atoms with Gasteiger partial charge < -0.3 is 5.32 Å². The second-order valence-electron chi connectivity index (χ2n) is 4.06. The van der Waals surface area contributed by atoms with Gasteiger partial charge in [-0.25, -0.2) is 0 Å². The SMILES string of the molecule is CSC1(CNC(=O)CC#N)CCCCC1. The van der Waals surface area contributed by atoms with E-state index in [0.717, 1.165) is 0 Å². The molecule has 1 aliphatic carbocycles. The molecule has 1 fully saturated rings. The average molecular weight is 226 g/mol. The van der Waals surface area contributed by atoms with Crippen molar-refractivity contribution in [3.05, 3.63) is 0 Å². The van der Waals surface area contributed by atoms with Gasteiger partial charge in [-0.05, 0) is 19.1 Å². The number of rotatable bonds is 4. The topological polar surface area (TPSA) is 52.9 Å².